The molecule has 0 spiro atoms. The maximum atomic E-state index is 11.5. The molecular formula is C13H18N4OS. The third-order valence-corrected chi connectivity index (χ3v) is 3.84. The number of amides is 1. The van der Waals surface area contributed by atoms with Gasteiger partial charge in [-0.25, -0.2) is 9.97 Å². The van der Waals surface area contributed by atoms with Gasteiger partial charge in [-0.3, -0.25) is 4.79 Å². The molecular weight excluding hydrogens is 260 g/mol. The summed E-state index contributed by atoms with van der Waals surface area (Å²) in [4.78, 5) is 20.0. The molecule has 6 heteroatoms. The maximum Gasteiger partial charge on any atom is 0.221 e. The molecule has 0 saturated carbocycles. The van der Waals surface area contributed by atoms with Crippen molar-refractivity contribution in [3.8, 4) is 0 Å². The predicted octanol–water partition coefficient (Wildman–Crippen LogP) is 2.33. The summed E-state index contributed by atoms with van der Waals surface area (Å²) in [6.45, 7) is 5.39. The van der Waals surface area contributed by atoms with Gasteiger partial charge in [0, 0.05) is 19.5 Å². The quantitative estimate of drug-likeness (QED) is 0.851. The van der Waals surface area contributed by atoms with Crippen molar-refractivity contribution < 1.29 is 4.79 Å². The van der Waals surface area contributed by atoms with E-state index in [1.165, 1.54) is 0 Å². The van der Waals surface area contributed by atoms with E-state index in [0.29, 0.717) is 13.0 Å². The minimum Gasteiger partial charge on any atom is -0.368 e. The summed E-state index contributed by atoms with van der Waals surface area (Å²) in [5.74, 6) is 0.883. The lowest BCUT2D eigenvalue weighted by Gasteiger charge is -2.06. The largest absolute Gasteiger partial charge is 0.368 e. The number of rotatable bonds is 6. The number of thiophene rings is 1. The second-order valence-electron chi connectivity index (χ2n) is 4.35. The van der Waals surface area contributed by atoms with Crippen molar-refractivity contribution in [3.63, 3.8) is 0 Å². The number of hydrogen-bond acceptors (Lipinski definition) is 5. The van der Waals surface area contributed by atoms with E-state index >= 15 is 0 Å². The number of carbonyl (C=O) groups excluding carboxylic acids is 1. The molecule has 0 atom stereocenters. The minimum absolute atomic E-state index is 0.0713. The normalized spacial score (nSPS) is 10.6. The summed E-state index contributed by atoms with van der Waals surface area (Å²) in [5, 5.41) is 8.13. The summed E-state index contributed by atoms with van der Waals surface area (Å²) >= 11 is 1.63. The van der Waals surface area contributed by atoms with Crippen LogP contribution in [0.15, 0.2) is 11.7 Å². The lowest BCUT2D eigenvalue weighted by Crippen LogP contribution is -2.25. The van der Waals surface area contributed by atoms with Gasteiger partial charge in [-0.15, -0.1) is 11.3 Å². The van der Waals surface area contributed by atoms with Gasteiger partial charge in [0.05, 0.1) is 10.2 Å². The third kappa shape index (κ3) is 3.41. The number of aryl methyl sites for hydroxylation is 1. The van der Waals surface area contributed by atoms with Crippen LogP contribution in [0.25, 0.3) is 10.2 Å². The Labute approximate surface area is 116 Å². The number of anilines is 1. The minimum atomic E-state index is 0.0713. The molecule has 0 fully saturated rings. The molecule has 0 saturated heterocycles. The molecule has 102 valence electrons. The standard InChI is InChI=1S/C13H18N4OS/c1-3-5-14-10(18)4-6-15-13-12-11(16-8-17-13)9(2)7-19-12/h7-8H,3-6H2,1-2H3,(H,14,18)(H,15,16,17). The third-order valence-electron chi connectivity index (χ3n) is 2.75. The fourth-order valence-corrected chi connectivity index (χ4v) is 2.71. The van der Waals surface area contributed by atoms with E-state index in [4.69, 9.17) is 0 Å². The molecule has 0 radical (unpaired) electrons. The van der Waals surface area contributed by atoms with Crippen LogP contribution in [0.5, 0.6) is 0 Å². The Hall–Kier alpha value is -1.69. The summed E-state index contributed by atoms with van der Waals surface area (Å²) < 4.78 is 1.05. The van der Waals surface area contributed by atoms with Crippen LogP contribution in [0.1, 0.15) is 25.3 Å². The number of fused-ring (bicyclic) bond motifs is 1. The Morgan fingerprint density at radius 1 is 1.37 bits per heavy atom. The second-order valence-corrected chi connectivity index (χ2v) is 5.23. The van der Waals surface area contributed by atoms with Gasteiger partial charge in [0.2, 0.25) is 5.91 Å². The Morgan fingerprint density at radius 2 is 2.21 bits per heavy atom. The van der Waals surface area contributed by atoms with Gasteiger partial charge in [0.25, 0.3) is 0 Å². The Morgan fingerprint density at radius 3 is 3.00 bits per heavy atom. The highest BCUT2D eigenvalue weighted by molar-refractivity contribution is 7.18. The zero-order valence-corrected chi connectivity index (χ0v) is 12.0. The highest BCUT2D eigenvalue weighted by Crippen LogP contribution is 2.28. The Balaban J connectivity index is 1.93. The molecule has 0 aliphatic carbocycles. The first kappa shape index (κ1) is 13.7. The average molecular weight is 278 g/mol. The molecule has 2 N–H and O–H groups in total. The average Bonchev–Trinajstić information content (AvgIpc) is 2.79. The lowest BCUT2D eigenvalue weighted by atomic mass is 10.3. The smallest absolute Gasteiger partial charge is 0.221 e. The molecule has 2 rings (SSSR count). The highest BCUT2D eigenvalue weighted by Gasteiger charge is 2.08. The first-order valence-corrected chi connectivity index (χ1v) is 7.29. The SMILES string of the molecule is CCCNC(=O)CCNc1ncnc2c(C)csc12. The molecule has 0 aliphatic rings. The van der Waals surface area contributed by atoms with E-state index in [0.717, 1.165) is 34.6 Å². The fourth-order valence-electron chi connectivity index (χ4n) is 1.74. The van der Waals surface area contributed by atoms with E-state index in [-0.39, 0.29) is 5.91 Å². The molecule has 0 unspecified atom stereocenters. The first-order valence-electron chi connectivity index (χ1n) is 6.41. The van der Waals surface area contributed by atoms with Crippen LogP contribution in [0.3, 0.4) is 0 Å². The lowest BCUT2D eigenvalue weighted by molar-refractivity contribution is -0.120. The molecule has 19 heavy (non-hydrogen) atoms. The molecule has 2 heterocycles. The summed E-state index contributed by atoms with van der Waals surface area (Å²) in [7, 11) is 0. The van der Waals surface area contributed by atoms with Gasteiger partial charge in [-0.05, 0) is 24.3 Å². The van der Waals surface area contributed by atoms with Crippen LogP contribution in [-0.2, 0) is 4.79 Å². The number of carbonyl (C=O) groups is 1. The number of nitrogens with one attached hydrogen (secondary N) is 2. The van der Waals surface area contributed by atoms with Crippen molar-refractivity contribution in [2.45, 2.75) is 26.7 Å². The van der Waals surface area contributed by atoms with E-state index < -0.39 is 0 Å². The van der Waals surface area contributed by atoms with Gasteiger partial charge >= 0.3 is 0 Å². The first-order chi connectivity index (χ1) is 9.22. The van der Waals surface area contributed by atoms with Crippen LogP contribution in [0, 0.1) is 6.92 Å². The summed E-state index contributed by atoms with van der Waals surface area (Å²) in [6, 6.07) is 0. The molecule has 2 aromatic heterocycles. The molecule has 0 bridgehead atoms. The van der Waals surface area contributed by atoms with Crippen LogP contribution in [0.4, 0.5) is 5.82 Å². The number of hydrogen-bond donors (Lipinski definition) is 2. The van der Waals surface area contributed by atoms with E-state index in [1.54, 1.807) is 17.7 Å². The topological polar surface area (TPSA) is 66.9 Å². The number of nitrogens with zero attached hydrogens (tertiary/aromatic N) is 2. The molecule has 5 nitrogen and oxygen atoms in total. The zero-order chi connectivity index (χ0) is 13.7. The van der Waals surface area contributed by atoms with E-state index in [9.17, 15) is 4.79 Å². The van der Waals surface area contributed by atoms with Crippen LogP contribution < -0.4 is 10.6 Å². The fraction of sp³-hybridized carbons (Fsp3) is 0.462. The summed E-state index contributed by atoms with van der Waals surface area (Å²) in [6.07, 6.45) is 2.97. The van der Waals surface area contributed by atoms with Gasteiger partial charge in [-0.1, -0.05) is 6.92 Å². The monoisotopic (exact) mass is 278 g/mol. The van der Waals surface area contributed by atoms with Gasteiger partial charge in [0.1, 0.15) is 12.1 Å². The van der Waals surface area contributed by atoms with Gasteiger partial charge in [-0.2, -0.15) is 0 Å². The molecule has 0 aliphatic heterocycles. The Bertz CT molecular complexity index is 567. The van der Waals surface area contributed by atoms with Crippen molar-refractivity contribution in [2.75, 3.05) is 18.4 Å². The van der Waals surface area contributed by atoms with Crippen molar-refractivity contribution in [3.05, 3.63) is 17.3 Å². The summed E-state index contributed by atoms with van der Waals surface area (Å²) in [5.41, 5.74) is 2.14. The molecule has 2 aromatic rings. The van der Waals surface area contributed by atoms with Crippen molar-refractivity contribution >= 4 is 33.3 Å². The molecule has 0 aromatic carbocycles. The maximum absolute atomic E-state index is 11.5. The molecule has 1 amide bonds. The van der Waals surface area contributed by atoms with Crippen LogP contribution in [0.2, 0.25) is 0 Å². The highest BCUT2D eigenvalue weighted by atomic mass is 32.1. The van der Waals surface area contributed by atoms with Crippen molar-refractivity contribution in [1.82, 2.24) is 15.3 Å². The van der Waals surface area contributed by atoms with Gasteiger partial charge in [0.15, 0.2) is 0 Å². The predicted molar refractivity (Wildman–Crippen MR) is 78.6 cm³/mol. The number of aromatic nitrogens is 2. The van der Waals surface area contributed by atoms with E-state index in [1.807, 2.05) is 13.8 Å². The van der Waals surface area contributed by atoms with Crippen molar-refractivity contribution in [1.29, 1.82) is 0 Å². The zero-order valence-electron chi connectivity index (χ0n) is 11.2. The van der Waals surface area contributed by atoms with Gasteiger partial charge < -0.3 is 10.6 Å². The van der Waals surface area contributed by atoms with Crippen molar-refractivity contribution in [2.24, 2.45) is 0 Å². The van der Waals surface area contributed by atoms with Crippen LogP contribution >= 0.6 is 11.3 Å². The Kier molecular flexibility index (Phi) is 4.68. The van der Waals surface area contributed by atoms with E-state index in [2.05, 4.69) is 26.0 Å². The second kappa shape index (κ2) is 6.47. The van der Waals surface area contributed by atoms with Crippen LogP contribution in [-0.4, -0.2) is 29.0 Å².